The maximum absolute atomic E-state index is 5.28. The van der Waals surface area contributed by atoms with Gasteiger partial charge in [0, 0.05) is 18.3 Å². The quantitative estimate of drug-likeness (QED) is 0.742. The van der Waals surface area contributed by atoms with Gasteiger partial charge in [0.1, 0.15) is 0 Å². The Balaban J connectivity index is 2.72. The average molecular weight is 205 g/mol. The minimum absolute atomic E-state index is 0.227. The third-order valence-corrected chi connectivity index (χ3v) is 1.75. The van der Waals surface area contributed by atoms with Gasteiger partial charge in [-0.3, -0.25) is 0 Å². The summed E-state index contributed by atoms with van der Waals surface area (Å²) in [6.07, 6.45) is 7.86. The van der Waals surface area contributed by atoms with Gasteiger partial charge < -0.3 is 10.1 Å². The van der Waals surface area contributed by atoms with Crippen LogP contribution in [0.1, 0.15) is 18.9 Å². The van der Waals surface area contributed by atoms with Crippen LogP contribution in [-0.2, 0) is 0 Å². The van der Waals surface area contributed by atoms with E-state index in [0.717, 1.165) is 18.5 Å². The first-order valence-electron chi connectivity index (χ1n) is 4.91. The minimum atomic E-state index is 0.227. The number of anilines is 1. The van der Waals surface area contributed by atoms with Crippen molar-refractivity contribution in [2.45, 2.75) is 20.3 Å². The molecule has 1 aromatic rings. The Kier molecular flexibility index (Phi) is 4.42. The lowest BCUT2D eigenvalue weighted by Gasteiger charge is -2.07. The zero-order valence-corrected chi connectivity index (χ0v) is 9.08. The van der Waals surface area contributed by atoms with E-state index < -0.39 is 0 Å². The molecule has 0 fully saturated rings. The minimum Gasteiger partial charge on any atom is -0.464 e. The molecular weight excluding hydrogens is 190 g/mol. The maximum Gasteiger partial charge on any atom is 0.225 e. The summed E-state index contributed by atoms with van der Waals surface area (Å²) in [7, 11) is 0. The first kappa shape index (κ1) is 11.3. The predicted octanol–water partition coefficient (Wildman–Crippen LogP) is 1.62. The molecule has 4 heteroatoms. The second-order valence-corrected chi connectivity index (χ2v) is 3.10. The number of aryl methyl sites for hydroxylation is 1. The van der Waals surface area contributed by atoms with E-state index in [-0.39, 0.29) is 6.61 Å². The number of terminal acetylenes is 1. The highest BCUT2D eigenvalue weighted by Crippen LogP contribution is 2.14. The van der Waals surface area contributed by atoms with Crippen molar-refractivity contribution in [1.29, 1.82) is 0 Å². The number of ether oxygens (including phenoxy) is 1. The van der Waals surface area contributed by atoms with Crippen molar-refractivity contribution in [3.05, 3.63) is 11.8 Å². The van der Waals surface area contributed by atoms with Crippen LogP contribution in [0.4, 0.5) is 5.95 Å². The van der Waals surface area contributed by atoms with Gasteiger partial charge in [0.2, 0.25) is 11.8 Å². The topological polar surface area (TPSA) is 47.0 Å². The number of nitrogens with one attached hydrogen (secondary N) is 1. The molecule has 1 aromatic heterocycles. The van der Waals surface area contributed by atoms with Crippen LogP contribution in [-0.4, -0.2) is 23.1 Å². The Bertz CT molecular complexity index is 357. The fourth-order valence-corrected chi connectivity index (χ4v) is 1.00. The molecule has 0 unspecified atom stereocenters. The number of hydrogen-bond donors (Lipinski definition) is 1. The maximum atomic E-state index is 5.28. The van der Waals surface area contributed by atoms with E-state index in [1.807, 2.05) is 6.92 Å². The molecule has 0 aliphatic heterocycles. The summed E-state index contributed by atoms with van der Waals surface area (Å²) in [5.41, 5.74) is 0.882. The molecule has 0 saturated heterocycles. The van der Waals surface area contributed by atoms with E-state index in [4.69, 9.17) is 11.2 Å². The van der Waals surface area contributed by atoms with Gasteiger partial charge in [-0.2, -0.15) is 4.98 Å². The monoisotopic (exact) mass is 205 g/mol. The first-order valence-corrected chi connectivity index (χ1v) is 4.91. The molecule has 0 aliphatic carbocycles. The molecule has 0 atom stereocenters. The molecule has 1 N–H and O–H groups in total. The summed E-state index contributed by atoms with van der Waals surface area (Å²) in [5.74, 6) is 3.52. The fourth-order valence-electron chi connectivity index (χ4n) is 1.00. The zero-order chi connectivity index (χ0) is 11.1. The van der Waals surface area contributed by atoms with E-state index in [2.05, 4.69) is 28.1 Å². The summed E-state index contributed by atoms with van der Waals surface area (Å²) in [6, 6.07) is 0. The Morgan fingerprint density at radius 3 is 3.07 bits per heavy atom. The Morgan fingerprint density at radius 2 is 2.40 bits per heavy atom. The van der Waals surface area contributed by atoms with Gasteiger partial charge >= 0.3 is 0 Å². The normalized spacial score (nSPS) is 9.40. The van der Waals surface area contributed by atoms with Crippen LogP contribution in [0.25, 0.3) is 0 Å². The standard InChI is InChI=1S/C11H15N3O/c1-4-6-12-11-13-8-9(3)10(14-11)15-7-5-2/h2,8H,4,6-7H2,1,3H3,(H,12,13,14). The van der Waals surface area contributed by atoms with E-state index in [1.165, 1.54) is 0 Å². The van der Waals surface area contributed by atoms with E-state index in [1.54, 1.807) is 6.20 Å². The molecule has 0 spiro atoms. The summed E-state index contributed by atoms with van der Waals surface area (Å²) in [4.78, 5) is 8.34. The summed E-state index contributed by atoms with van der Waals surface area (Å²) >= 11 is 0. The summed E-state index contributed by atoms with van der Waals surface area (Å²) < 4.78 is 5.28. The van der Waals surface area contributed by atoms with Gasteiger partial charge in [-0.25, -0.2) is 4.98 Å². The SMILES string of the molecule is C#CCOc1nc(NCCC)ncc1C. The van der Waals surface area contributed by atoms with Crippen molar-refractivity contribution in [1.82, 2.24) is 9.97 Å². The number of hydrogen-bond acceptors (Lipinski definition) is 4. The zero-order valence-electron chi connectivity index (χ0n) is 9.08. The van der Waals surface area contributed by atoms with Crippen LogP contribution in [0.15, 0.2) is 6.20 Å². The van der Waals surface area contributed by atoms with Crippen LogP contribution < -0.4 is 10.1 Å². The average Bonchev–Trinajstić information content (AvgIpc) is 2.26. The van der Waals surface area contributed by atoms with Gasteiger partial charge in [0.15, 0.2) is 6.61 Å². The number of aromatic nitrogens is 2. The molecule has 0 radical (unpaired) electrons. The van der Waals surface area contributed by atoms with E-state index >= 15 is 0 Å². The Labute approximate surface area is 90.1 Å². The lowest BCUT2D eigenvalue weighted by atomic mass is 10.4. The van der Waals surface area contributed by atoms with E-state index in [0.29, 0.717) is 11.8 Å². The van der Waals surface area contributed by atoms with Gasteiger partial charge in [0.05, 0.1) is 0 Å². The predicted molar refractivity (Wildman–Crippen MR) is 59.9 cm³/mol. The summed E-state index contributed by atoms with van der Waals surface area (Å²) in [6.45, 7) is 5.04. The second kappa shape index (κ2) is 5.86. The van der Waals surface area contributed by atoms with Crippen molar-refractivity contribution >= 4 is 5.95 Å². The van der Waals surface area contributed by atoms with Crippen LogP contribution in [0.2, 0.25) is 0 Å². The fraction of sp³-hybridized carbons (Fsp3) is 0.455. The Hall–Kier alpha value is -1.76. The third-order valence-electron chi connectivity index (χ3n) is 1.75. The van der Waals surface area contributed by atoms with Gasteiger partial charge in [-0.05, 0) is 13.3 Å². The lowest BCUT2D eigenvalue weighted by Crippen LogP contribution is -2.06. The molecule has 0 saturated carbocycles. The molecule has 1 rings (SSSR count). The van der Waals surface area contributed by atoms with E-state index in [9.17, 15) is 0 Å². The van der Waals surface area contributed by atoms with Gasteiger partial charge in [-0.15, -0.1) is 6.42 Å². The highest BCUT2D eigenvalue weighted by atomic mass is 16.5. The van der Waals surface area contributed by atoms with Gasteiger partial charge in [0.25, 0.3) is 0 Å². The molecule has 1 heterocycles. The van der Waals surface area contributed by atoms with Crippen LogP contribution in [0, 0.1) is 19.3 Å². The largest absolute Gasteiger partial charge is 0.464 e. The number of nitrogens with zero attached hydrogens (tertiary/aromatic N) is 2. The van der Waals surface area contributed by atoms with Crippen molar-refractivity contribution in [3.8, 4) is 18.2 Å². The van der Waals surface area contributed by atoms with Crippen molar-refractivity contribution in [2.75, 3.05) is 18.5 Å². The first-order chi connectivity index (χ1) is 7.27. The highest BCUT2D eigenvalue weighted by molar-refractivity contribution is 5.32. The lowest BCUT2D eigenvalue weighted by molar-refractivity contribution is 0.352. The Morgan fingerprint density at radius 1 is 1.60 bits per heavy atom. The molecule has 4 nitrogen and oxygen atoms in total. The summed E-state index contributed by atoms with van der Waals surface area (Å²) in [5, 5.41) is 3.08. The molecule has 0 bridgehead atoms. The van der Waals surface area contributed by atoms with Crippen LogP contribution in [0.3, 0.4) is 0 Å². The molecule has 80 valence electrons. The van der Waals surface area contributed by atoms with Crippen molar-refractivity contribution in [2.24, 2.45) is 0 Å². The molecule has 0 aromatic carbocycles. The smallest absolute Gasteiger partial charge is 0.225 e. The van der Waals surface area contributed by atoms with Crippen molar-refractivity contribution in [3.63, 3.8) is 0 Å². The molecule has 0 amide bonds. The van der Waals surface area contributed by atoms with Crippen molar-refractivity contribution < 1.29 is 4.74 Å². The molecule has 0 aliphatic rings. The van der Waals surface area contributed by atoms with Crippen LogP contribution in [0.5, 0.6) is 5.88 Å². The number of rotatable bonds is 5. The van der Waals surface area contributed by atoms with Crippen LogP contribution >= 0.6 is 0 Å². The molecule has 15 heavy (non-hydrogen) atoms. The second-order valence-electron chi connectivity index (χ2n) is 3.10. The van der Waals surface area contributed by atoms with Gasteiger partial charge in [-0.1, -0.05) is 12.8 Å². The third kappa shape index (κ3) is 3.47. The molecular formula is C11H15N3O. The highest BCUT2D eigenvalue weighted by Gasteiger charge is 2.03.